The maximum absolute atomic E-state index is 13.7. The number of halogens is 16. The summed E-state index contributed by atoms with van der Waals surface area (Å²) >= 11 is 21.2. The Labute approximate surface area is 665 Å². The smallest absolute Gasteiger partial charge is 0.363 e. The van der Waals surface area contributed by atoms with E-state index in [0.29, 0.717) is 145 Å². The highest BCUT2D eigenvalue weighted by Crippen LogP contribution is 2.45. The maximum Gasteiger partial charge on any atom is 0.418 e. The van der Waals surface area contributed by atoms with E-state index in [1.165, 1.54) is 83.7 Å². The normalized spacial score (nSPS) is 16.2. The zero-order valence-corrected chi connectivity index (χ0v) is 64.9. The number of alkyl halides is 10. The number of H-pyrrole nitrogens is 1. The Morgan fingerprint density at radius 2 is 0.858 bits per heavy atom. The first-order chi connectivity index (χ1) is 53.0. The molecule has 0 bridgehead atoms. The van der Waals surface area contributed by atoms with Crippen molar-refractivity contribution in [2.45, 2.75) is 116 Å². The van der Waals surface area contributed by atoms with E-state index in [9.17, 15) is 81.5 Å². The highest BCUT2D eigenvalue weighted by molar-refractivity contribution is 14.1. The molecule has 14 rings (SSSR count). The van der Waals surface area contributed by atoms with Crippen molar-refractivity contribution in [2.24, 2.45) is 21.1 Å². The molecule has 2 unspecified atom stereocenters. The van der Waals surface area contributed by atoms with Crippen LogP contribution < -0.4 is 63.2 Å². The Kier molecular flexibility index (Phi) is 26.8. The van der Waals surface area contributed by atoms with Gasteiger partial charge in [0.25, 0.3) is 33.4 Å². The van der Waals surface area contributed by atoms with Gasteiger partial charge >= 0.3 is 18.5 Å². The Morgan fingerprint density at radius 3 is 1.26 bits per heavy atom. The molecule has 0 amide bonds. The van der Waals surface area contributed by atoms with Gasteiger partial charge in [0.2, 0.25) is 0 Å². The third-order valence-electron chi connectivity index (χ3n) is 19.9. The minimum absolute atomic E-state index is 0. The Morgan fingerprint density at radius 1 is 0.487 bits per heavy atom. The predicted octanol–water partition coefficient (Wildman–Crippen LogP) is 14.8. The van der Waals surface area contributed by atoms with Crippen LogP contribution in [0.15, 0.2) is 120 Å². The van der Waals surface area contributed by atoms with Crippen LogP contribution in [0.5, 0.6) is 0 Å². The first-order valence-corrected chi connectivity index (χ1v) is 37.9. The summed E-state index contributed by atoms with van der Waals surface area (Å²) in [6, 6.07) is 10.9. The molecule has 606 valence electrons. The Hall–Kier alpha value is -9.37. The van der Waals surface area contributed by atoms with Crippen molar-refractivity contribution in [1.82, 2.24) is 43.5 Å². The van der Waals surface area contributed by atoms with E-state index in [1.807, 2.05) is 9.83 Å². The topological polar surface area (TPSA) is 228 Å². The average Bonchev–Trinajstić information content (AvgIpc) is 0.763. The van der Waals surface area contributed by atoms with Crippen molar-refractivity contribution in [3.8, 4) is 0 Å². The average molecular weight is 1760 g/mol. The third-order valence-corrected chi connectivity index (χ3v) is 21.0. The summed E-state index contributed by atoms with van der Waals surface area (Å²) in [5.41, 5.74) is -1.62. The molecule has 0 spiro atoms. The van der Waals surface area contributed by atoms with E-state index in [4.69, 9.17) is 44.3 Å². The number of aromatic nitrogens is 9. The number of ether oxygens (including phenoxy) is 2. The van der Waals surface area contributed by atoms with Crippen LogP contribution in [-0.2, 0) is 88.0 Å². The molecule has 39 heteroatoms. The summed E-state index contributed by atoms with van der Waals surface area (Å²) in [6.07, 6.45) is -4.96. The lowest BCUT2D eigenvalue weighted by atomic mass is 10.00. The van der Waals surface area contributed by atoms with Crippen LogP contribution in [-0.4, -0.2) is 95.3 Å². The van der Waals surface area contributed by atoms with E-state index in [2.05, 4.69) is 48.3 Å². The monoisotopic (exact) mass is 1760 g/mol. The summed E-state index contributed by atoms with van der Waals surface area (Å²) in [6.45, 7) is 2.70. The number of aromatic amines is 1. The highest BCUT2D eigenvalue weighted by atomic mass is 127. The van der Waals surface area contributed by atoms with Gasteiger partial charge in [-0.1, -0.05) is 64.8 Å². The molecule has 5 aliphatic rings. The van der Waals surface area contributed by atoms with Crippen LogP contribution in [0.4, 0.5) is 104 Å². The van der Waals surface area contributed by atoms with Gasteiger partial charge in [0, 0.05) is 109 Å². The van der Waals surface area contributed by atoms with Crippen molar-refractivity contribution >= 4 is 109 Å². The van der Waals surface area contributed by atoms with Gasteiger partial charge in [-0.2, -0.15) is 64.2 Å². The first-order valence-electron chi connectivity index (χ1n) is 34.6. The second-order valence-electron chi connectivity index (χ2n) is 26.6. The molecule has 2 atom stereocenters. The van der Waals surface area contributed by atoms with E-state index >= 15 is 0 Å². The standard InChI is InChI=1S/C26H26ClF4N5O3.C25H24ClF4N5O3.C21H18ClF4N5O2.CH3I.CH4/c1-33(18-7-6-15(28)11-17(18)26(29,30)31)19-12-22(37)34(2)21-14-35(9-8-16(19)21)20-13-32-36(25(38)24(20)27)23-5-3-4-10-39-23;1-33-20-13-34(19-12-31-35(24(37)23(19)26)22-4-2-3-9-38-22)8-7-15(20)18(11-21(33)36)32-17-6-5-14(27)10-16(17)25(28,29)30;1-29(14-4-3-11(23)7-13(14)21(24,25)26)15-8-18(32)30(2)17-10-31(6-5-12(15)17)16-9-27-28-20(33)19(16)22;1-2;/h6-7,11-13,23H,3-5,8-10,14H2,1-2H3;5-6,10-12,22,32H,2-4,7-9,13H2,1H3;3-4,7-9H,5-6,10H2,1-2H3,(H,28,33);1H3;1H4. The van der Waals surface area contributed by atoms with Crippen LogP contribution in [0.1, 0.15) is 109 Å². The zero-order valence-electron chi connectivity index (χ0n) is 60.5. The largest absolute Gasteiger partial charge is 0.418 e. The molecule has 2 N–H and O–H groups in total. The second kappa shape index (κ2) is 35.2. The fourth-order valence-electron chi connectivity index (χ4n) is 14.1. The van der Waals surface area contributed by atoms with Crippen molar-refractivity contribution in [3.05, 3.63) is 236 Å². The van der Waals surface area contributed by atoms with Crippen molar-refractivity contribution in [1.29, 1.82) is 0 Å². The molecule has 0 saturated carbocycles. The van der Waals surface area contributed by atoms with Gasteiger partial charge in [0.1, 0.15) is 32.5 Å². The minimum atomic E-state index is -4.80. The molecule has 2 fully saturated rings. The number of hydrogen-bond donors (Lipinski definition) is 2. The zero-order chi connectivity index (χ0) is 81.3. The molecule has 6 aromatic heterocycles. The second-order valence-corrected chi connectivity index (χ2v) is 27.7. The lowest BCUT2D eigenvalue weighted by Crippen LogP contribution is -2.38. The van der Waals surface area contributed by atoms with Crippen LogP contribution in [0, 0.1) is 17.5 Å². The molecule has 23 nitrogen and oxygen atoms in total. The lowest BCUT2D eigenvalue weighted by Gasteiger charge is -2.35. The Bertz CT molecular complexity index is 5440. The Balaban J connectivity index is 0.000000177. The molecule has 5 aliphatic heterocycles. The molecule has 2 saturated heterocycles. The first kappa shape index (κ1) is 86.0. The van der Waals surface area contributed by atoms with Gasteiger partial charge in [-0.3, -0.25) is 28.8 Å². The number of pyridine rings is 3. The van der Waals surface area contributed by atoms with Gasteiger partial charge in [0.15, 0.2) is 12.5 Å². The summed E-state index contributed by atoms with van der Waals surface area (Å²) in [5.74, 6) is -3.04. The van der Waals surface area contributed by atoms with Crippen molar-refractivity contribution in [3.63, 3.8) is 0 Å². The molecule has 0 radical (unpaired) electrons. The molecule has 0 aliphatic carbocycles. The minimum Gasteiger partial charge on any atom is -0.363 e. The quantitative estimate of drug-likeness (QED) is 0.0697. The molecular weight excluding hydrogens is 1690 g/mol. The van der Waals surface area contributed by atoms with Gasteiger partial charge in [0.05, 0.1) is 100 Å². The molecule has 9 aromatic rings. The van der Waals surface area contributed by atoms with Gasteiger partial charge in [-0.15, -0.1) is 0 Å². The van der Waals surface area contributed by atoms with Gasteiger partial charge in [-0.25, -0.2) is 18.3 Å². The van der Waals surface area contributed by atoms with Crippen molar-refractivity contribution < 1.29 is 62.2 Å². The SMILES string of the molecule is C.CI.CN(c1ccc(F)cc1C(F)(F)F)c1cc(=O)n(C)c2c1CCN(c1cn[nH]c(=O)c1Cl)C2.CN(c1ccc(F)cc1C(F)(F)F)c1cc(=O)n(C)c2c1CCN(c1cnn(C3CCCCO3)c(=O)c1Cl)C2.Cn1c2c(c(Nc3ccc(F)cc3C(F)(F)F)cc1=O)CCN(c1cnn(C3CCCCO3)c(=O)c1Cl)C2. The van der Waals surface area contributed by atoms with Crippen LogP contribution in [0.25, 0.3) is 0 Å². The fraction of sp³-hybridized carbons (Fsp3) is 0.392. The predicted molar refractivity (Wildman–Crippen MR) is 414 cm³/mol. The van der Waals surface area contributed by atoms with Gasteiger partial charge < -0.3 is 53.0 Å². The van der Waals surface area contributed by atoms with E-state index in [0.717, 1.165) is 62.1 Å². The molecular formula is C74H75Cl3F12IN15O8. The van der Waals surface area contributed by atoms with Crippen molar-refractivity contribution in [2.75, 3.05) is 81.7 Å². The van der Waals surface area contributed by atoms with Crippen LogP contribution in [0.2, 0.25) is 15.1 Å². The summed E-state index contributed by atoms with van der Waals surface area (Å²) in [7, 11) is 7.52. The van der Waals surface area contributed by atoms with Gasteiger partial charge in [-0.05, 0) is 134 Å². The number of benzene rings is 3. The number of fused-ring (bicyclic) bond motifs is 3. The highest BCUT2D eigenvalue weighted by Gasteiger charge is 2.40. The number of anilines is 9. The number of nitrogens with one attached hydrogen (secondary N) is 2. The van der Waals surface area contributed by atoms with E-state index in [-0.39, 0.29) is 64.9 Å². The van der Waals surface area contributed by atoms with Crippen LogP contribution >= 0.6 is 57.4 Å². The van der Waals surface area contributed by atoms with E-state index in [1.54, 1.807) is 30.9 Å². The third kappa shape index (κ3) is 18.3. The summed E-state index contributed by atoms with van der Waals surface area (Å²) in [5, 5.41) is 17.2. The number of hydrogen-bond acceptors (Lipinski definition) is 17. The van der Waals surface area contributed by atoms with Crippen LogP contribution in [0.3, 0.4) is 0 Å². The van der Waals surface area contributed by atoms with E-state index < -0.39 is 98.5 Å². The maximum atomic E-state index is 13.7. The summed E-state index contributed by atoms with van der Waals surface area (Å²) < 4.78 is 181. The number of nitrogens with zero attached hydrogens (tertiary/aromatic N) is 13. The molecule has 11 heterocycles. The number of rotatable bonds is 11. The molecule has 113 heavy (non-hydrogen) atoms. The lowest BCUT2D eigenvalue weighted by molar-refractivity contribution is -0.138. The molecule has 3 aromatic carbocycles. The fourth-order valence-corrected chi connectivity index (χ4v) is 14.8. The summed E-state index contributed by atoms with van der Waals surface area (Å²) in [4.78, 5) is 86.0.